The lowest BCUT2D eigenvalue weighted by Gasteiger charge is -2.45. The molecule has 2 N–H and O–H groups in total. The third-order valence-corrected chi connectivity index (χ3v) is 3.06. The Morgan fingerprint density at radius 1 is 1.43 bits per heavy atom. The third kappa shape index (κ3) is 1.91. The maximum Gasteiger partial charge on any atom is 0.225 e. The number of amides is 1. The number of nitrogens with zero attached hydrogens (tertiary/aromatic N) is 1. The van der Waals surface area contributed by atoms with E-state index < -0.39 is 5.60 Å². The Bertz CT molecular complexity index is 226. The van der Waals surface area contributed by atoms with Gasteiger partial charge in [-0.15, -0.1) is 0 Å². The first-order valence-corrected chi connectivity index (χ1v) is 5.30. The Kier molecular flexibility index (Phi) is 2.49. The van der Waals surface area contributed by atoms with Crippen molar-refractivity contribution in [3.8, 4) is 0 Å². The predicted octanol–water partition coefficient (Wildman–Crippen LogP) is -0.421. The molecule has 0 aliphatic carbocycles. The van der Waals surface area contributed by atoms with Crippen LogP contribution in [0.15, 0.2) is 0 Å². The lowest BCUT2D eigenvalue weighted by atomic mass is 9.91. The number of carbonyl (C=O) groups is 1. The molecule has 0 atom stereocenters. The lowest BCUT2D eigenvalue weighted by Crippen LogP contribution is -2.63. The van der Waals surface area contributed by atoms with Gasteiger partial charge in [0, 0.05) is 5.92 Å². The summed E-state index contributed by atoms with van der Waals surface area (Å²) in [7, 11) is 0. The van der Waals surface area contributed by atoms with Crippen molar-refractivity contribution in [2.75, 3.05) is 26.2 Å². The minimum atomic E-state index is -0.636. The van der Waals surface area contributed by atoms with Crippen LogP contribution in [0.25, 0.3) is 0 Å². The summed E-state index contributed by atoms with van der Waals surface area (Å²) in [6, 6.07) is 0. The molecular weight excluding hydrogens is 180 g/mol. The number of hydrogen-bond acceptors (Lipinski definition) is 3. The maximum atomic E-state index is 11.9. The molecule has 0 spiro atoms. The second-order valence-electron chi connectivity index (χ2n) is 4.72. The summed E-state index contributed by atoms with van der Waals surface area (Å²) < 4.78 is 0. The van der Waals surface area contributed by atoms with Crippen molar-refractivity contribution in [2.24, 2.45) is 5.92 Å². The molecule has 2 saturated heterocycles. The fraction of sp³-hybridized carbons (Fsp3) is 0.900. The number of likely N-dealkylation sites (tertiary alicyclic amines) is 1. The first-order valence-electron chi connectivity index (χ1n) is 5.30. The van der Waals surface area contributed by atoms with Gasteiger partial charge in [-0.1, -0.05) is 0 Å². The first kappa shape index (κ1) is 9.93. The van der Waals surface area contributed by atoms with Gasteiger partial charge < -0.3 is 15.3 Å². The SMILES string of the molecule is CC1(O)CN(C(=O)C2CCNCC2)C1. The molecule has 0 bridgehead atoms. The van der Waals surface area contributed by atoms with Gasteiger partial charge in [-0.2, -0.15) is 0 Å². The Morgan fingerprint density at radius 2 is 2.00 bits per heavy atom. The molecule has 0 radical (unpaired) electrons. The summed E-state index contributed by atoms with van der Waals surface area (Å²) in [5.74, 6) is 0.422. The van der Waals surface area contributed by atoms with Crippen LogP contribution in [0.1, 0.15) is 19.8 Å². The van der Waals surface area contributed by atoms with Crippen molar-refractivity contribution in [3.05, 3.63) is 0 Å². The zero-order chi connectivity index (χ0) is 10.2. The van der Waals surface area contributed by atoms with Gasteiger partial charge in [-0.05, 0) is 32.9 Å². The summed E-state index contributed by atoms with van der Waals surface area (Å²) in [4.78, 5) is 13.6. The Labute approximate surface area is 84.3 Å². The van der Waals surface area contributed by atoms with E-state index in [1.54, 1.807) is 11.8 Å². The molecule has 1 amide bonds. The normalized spacial score (nSPS) is 27.1. The highest BCUT2D eigenvalue weighted by Gasteiger charge is 2.41. The van der Waals surface area contributed by atoms with E-state index in [1.165, 1.54) is 0 Å². The van der Waals surface area contributed by atoms with Crippen LogP contribution in [0.4, 0.5) is 0 Å². The molecule has 0 aromatic heterocycles. The van der Waals surface area contributed by atoms with Crippen molar-refractivity contribution in [2.45, 2.75) is 25.4 Å². The van der Waals surface area contributed by atoms with E-state index in [-0.39, 0.29) is 11.8 Å². The molecule has 4 heteroatoms. The molecule has 2 heterocycles. The topological polar surface area (TPSA) is 52.6 Å². The van der Waals surface area contributed by atoms with Crippen LogP contribution >= 0.6 is 0 Å². The average molecular weight is 198 g/mol. The second-order valence-corrected chi connectivity index (χ2v) is 4.72. The molecule has 2 fully saturated rings. The van der Waals surface area contributed by atoms with Gasteiger partial charge in [0.1, 0.15) is 0 Å². The van der Waals surface area contributed by atoms with Crippen LogP contribution < -0.4 is 5.32 Å². The molecule has 2 aliphatic rings. The minimum absolute atomic E-state index is 0.187. The molecule has 2 aliphatic heterocycles. The molecule has 14 heavy (non-hydrogen) atoms. The molecular formula is C10H18N2O2. The summed E-state index contributed by atoms with van der Waals surface area (Å²) in [6.45, 7) is 4.69. The fourth-order valence-electron chi connectivity index (χ4n) is 2.26. The molecule has 80 valence electrons. The average Bonchev–Trinajstić information content (AvgIpc) is 2.14. The standard InChI is InChI=1S/C10H18N2O2/c1-10(14)6-12(7-10)9(13)8-2-4-11-5-3-8/h8,11,14H,2-7H2,1H3. The summed E-state index contributed by atoms with van der Waals surface area (Å²) in [6.07, 6.45) is 1.88. The van der Waals surface area contributed by atoms with Gasteiger partial charge in [0.25, 0.3) is 0 Å². The third-order valence-electron chi connectivity index (χ3n) is 3.06. The van der Waals surface area contributed by atoms with Crippen molar-refractivity contribution in [1.82, 2.24) is 10.2 Å². The molecule has 0 aromatic carbocycles. The largest absolute Gasteiger partial charge is 0.386 e. The van der Waals surface area contributed by atoms with Gasteiger partial charge in [0.05, 0.1) is 18.7 Å². The van der Waals surface area contributed by atoms with Crippen LogP contribution in [0.3, 0.4) is 0 Å². The Balaban J connectivity index is 1.84. The van der Waals surface area contributed by atoms with Crippen LogP contribution in [0, 0.1) is 5.92 Å². The maximum absolute atomic E-state index is 11.9. The van der Waals surface area contributed by atoms with E-state index in [0.29, 0.717) is 13.1 Å². The summed E-state index contributed by atoms with van der Waals surface area (Å²) in [5.41, 5.74) is -0.636. The van der Waals surface area contributed by atoms with E-state index in [0.717, 1.165) is 25.9 Å². The zero-order valence-corrected chi connectivity index (χ0v) is 8.62. The van der Waals surface area contributed by atoms with E-state index in [4.69, 9.17) is 0 Å². The lowest BCUT2D eigenvalue weighted by molar-refractivity contribution is -0.157. The number of aliphatic hydroxyl groups is 1. The van der Waals surface area contributed by atoms with Gasteiger partial charge in [0.2, 0.25) is 5.91 Å². The highest BCUT2D eigenvalue weighted by atomic mass is 16.3. The molecule has 0 aromatic rings. The fourth-order valence-corrected chi connectivity index (χ4v) is 2.26. The second kappa shape index (κ2) is 3.51. The van der Waals surface area contributed by atoms with Crippen molar-refractivity contribution in [3.63, 3.8) is 0 Å². The smallest absolute Gasteiger partial charge is 0.225 e. The molecule has 0 saturated carbocycles. The minimum Gasteiger partial charge on any atom is -0.386 e. The van der Waals surface area contributed by atoms with Crippen LogP contribution in [0.5, 0.6) is 0 Å². The Hall–Kier alpha value is -0.610. The van der Waals surface area contributed by atoms with Crippen molar-refractivity contribution < 1.29 is 9.90 Å². The van der Waals surface area contributed by atoms with Crippen LogP contribution in [-0.4, -0.2) is 47.7 Å². The van der Waals surface area contributed by atoms with Gasteiger partial charge in [0.15, 0.2) is 0 Å². The zero-order valence-electron chi connectivity index (χ0n) is 8.62. The number of nitrogens with one attached hydrogen (secondary N) is 1. The number of carbonyl (C=O) groups excluding carboxylic acids is 1. The summed E-state index contributed by atoms with van der Waals surface area (Å²) in [5, 5.41) is 12.8. The molecule has 0 unspecified atom stereocenters. The van der Waals surface area contributed by atoms with Crippen molar-refractivity contribution in [1.29, 1.82) is 0 Å². The van der Waals surface area contributed by atoms with Gasteiger partial charge in [-0.3, -0.25) is 4.79 Å². The monoisotopic (exact) mass is 198 g/mol. The highest BCUT2D eigenvalue weighted by molar-refractivity contribution is 5.80. The van der Waals surface area contributed by atoms with Gasteiger partial charge >= 0.3 is 0 Å². The van der Waals surface area contributed by atoms with Crippen molar-refractivity contribution >= 4 is 5.91 Å². The molecule has 2 rings (SSSR count). The number of rotatable bonds is 1. The van der Waals surface area contributed by atoms with E-state index in [1.807, 2.05) is 0 Å². The van der Waals surface area contributed by atoms with Gasteiger partial charge in [-0.25, -0.2) is 0 Å². The van der Waals surface area contributed by atoms with E-state index >= 15 is 0 Å². The van der Waals surface area contributed by atoms with Crippen LogP contribution in [-0.2, 0) is 4.79 Å². The first-order chi connectivity index (χ1) is 6.58. The number of piperidine rings is 1. The Morgan fingerprint density at radius 3 is 2.50 bits per heavy atom. The highest BCUT2D eigenvalue weighted by Crippen LogP contribution is 2.24. The molecule has 4 nitrogen and oxygen atoms in total. The van der Waals surface area contributed by atoms with Crippen LogP contribution in [0.2, 0.25) is 0 Å². The summed E-state index contributed by atoms with van der Waals surface area (Å²) >= 11 is 0. The quantitative estimate of drug-likeness (QED) is 0.601. The number of β-amino-alcohol motifs (C(OH)–C–C–N with tert-alkyl or cyclic N) is 1. The van der Waals surface area contributed by atoms with E-state index in [2.05, 4.69) is 5.32 Å². The van der Waals surface area contributed by atoms with E-state index in [9.17, 15) is 9.90 Å². The predicted molar refractivity (Wildman–Crippen MR) is 52.8 cm³/mol. The number of hydrogen-bond donors (Lipinski definition) is 2.